The van der Waals surface area contributed by atoms with E-state index >= 15 is 0 Å². The van der Waals surface area contributed by atoms with Gasteiger partial charge in [-0.3, -0.25) is 14.9 Å². The van der Waals surface area contributed by atoms with E-state index in [2.05, 4.69) is 15.5 Å². The maximum Gasteiger partial charge on any atom is 0.405 e. The number of nitro benzene ring substituents is 1. The van der Waals surface area contributed by atoms with Gasteiger partial charge >= 0.3 is 6.18 Å². The third-order valence-corrected chi connectivity index (χ3v) is 5.86. The highest BCUT2D eigenvalue weighted by Gasteiger charge is 2.28. The summed E-state index contributed by atoms with van der Waals surface area (Å²) in [6.07, 6.45) is -3.01. The zero-order chi connectivity index (χ0) is 20.3. The number of benzene rings is 1. The quantitative estimate of drug-likeness (QED) is 0.423. The lowest BCUT2D eigenvalue weighted by Crippen LogP contribution is -2.36. The van der Waals surface area contributed by atoms with Crippen LogP contribution in [0.5, 0.6) is 0 Å². The predicted octanol–water partition coefficient (Wildman–Crippen LogP) is 3.49. The van der Waals surface area contributed by atoms with Crippen LogP contribution in [0.4, 0.5) is 29.7 Å². The van der Waals surface area contributed by atoms with Crippen molar-refractivity contribution in [3.05, 3.63) is 33.9 Å². The number of anilines is 2. The molecule has 1 aromatic heterocycles. The first-order valence-electron chi connectivity index (χ1n) is 8.07. The molecule has 0 spiro atoms. The number of nitrogens with zero attached hydrogens (tertiary/aromatic N) is 4. The van der Waals surface area contributed by atoms with Gasteiger partial charge in [-0.2, -0.15) is 13.2 Å². The Balaban J connectivity index is 1.61. The maximum atomic E-state index is 12.6. The molecule has 2 aromatic rings. The number of aryl methyl sites for hydroxylation is 1. The van der Waals surface area contributed by atoms with Crippen LogP contribution >= 0.6 is 23.1 Å². The highest BCUT2D eigenvalue weighted by Crippen LogP contribution is 2.32. The van der Waals surface area contributed by atoms with Gasteiger partial charge in [0, 0.05) is 24.4 Å². The van der Waals surface area contributed by atoms with E-state index in [9.17, 15) is 28.1 Å². The fourth-order valence-corrected chi connectivity index (χ4v) is 4.30. The van der Waals surface area contributed by atoms with E-state index in [1.165, 1.54) is 12.1 Å². The normalized spacial score (nSPS) is 13.9. The zero-order valence-electron chi connectivity index (χ0n) is 14.2. The second-order valence-corrected chi connectivity index (χ2v) is 8.05. The number of amides is 1. The summed E-state index contributed by atoms with van der Waals surface area (Å²) in [6.45, 7) is -0.708. The van der Waals surface area contributed by atoms with Crippen molar-refractivity contribution in [3.63, 3.8) is 0 Å². The molecule has 1 aliphatic heterocycles. The van der Waals surface area contributed by atoms with Crippen molar-refractivity contribution in [2.24, 2.45) is 0 Å². The number of nitro groups is 1. The topological polar surface area (TPSA) is 101 Å². The van der Waals surface area contributed by atoms with E-state index in [0.717, 1.165) is 28.7 Å². The minimum absolute atomic E-state index is 0.0184. The molecular weight excluding hydrogens is 419 g/mol. The Labute approximate surface area is 165 Å². The van der Waals surface area contributed by atoms with E-state index in [1.807, 2.05) is 0 Å². The Morgan fingerprint density at radius 2 is 2.18 bits per heavy atom. The molecule has 0 saturated heterocycles. The Morgan fingerprint density at radius 3 is 2.89 bits per heavy atom. The van der Waals surface area contributed by atoms with E-state index in [1.54, 1.807) is 11.0 Å². The number of aromatic nitrogens is 2. The molecule has 8 nitrogen and oxygen atoms in total. The molecule has 1 amide bonds. The first kappa shape index (κ1) is 20.3. The first-order chi connectivity index (χ1) is 13.2. The predicted molar refractivity (Wildman–Crippen MR) is 98.9 cm³/mol. The van der Waals surface area contributed by atoms with Crippen LogP contribution in [-0.4, -0.2) is 46.0 Å². The monoisotopic (exact) mass is 433 g/mol. The molecule has 28 heavy (non-hydrogen) atoms. The van der Waals surface area contributed by atoms with Crippen LogP contribution in [0.2, 0.25) is 0 Å². The zero-order valence-corrected chi connectivity index (χ0v) is 15.9. The molecule has 1 aromatic carbocycles. The van der Waals surface area contributed by atoms with Crippen LogP contribution in [0.3, 0.4) is 0 Å². The van der Waals surface area contributed by atoms with Crippen molar-refractivity contribution in [1.29, 1.82) is 0 Å². The SMILES string of the molecule is O=C(CSc1nnc(NCC(F)(F)F)s1)N1CCCc2cc([N+](=O)[O-])ccc21. The number of fused-ring (bicyclic) bond motifs is 1. The molecule has 2 heterocycles. The van der Waals surface area contributed by atoms with Crippen LogP contribution in [0.25, 0.3) is 0 Å². The number of alkyl halides is 3. The molecule has 0 fully saturated rings. The molecule has 0 aliphatic carbocycles. The highest BCUT2D eigenvalue weighted by molar-refractivity contribution is 8.01. The molecule has 150 valence electrons. The molecule has 1 N–H and O–H groups in total. The van der Waals surface area contributed by atoms with Gasteiger partial charge in [-0.1, -0.05) is 23.1 Å². The van der Waals surface area contributed by atoms with Crippen LogP contribution in [0, 0.1) is 10.1 Å². The number of hydrogen-bond donors (Lipinski definition) is 1. The van der Waals surface area contributed by atoms with Crippen molar-refractivity contribution in [3.8, 4) is 0 Å². The number of non-ortho nitro benzene ring substituents is 1. The molecular formula is C15H14F3N5O3S2. The molecule has 3 rings (SSSR count). The fraction of sp³-hybridized carbons (Fsp3) is 0.400. The van der Waals surface area contributed by atoms with Crippen LogP contribution in [0.1, 0.15) is 12.0 Å². The van der Waals surface area contributed by atoms with Gasteiger partial charge in [-0.15, -0.1) is 10.2 Å². The second kappa shape index (κ2) is 8.31. The average Bonchev–Trinajstić information content (AvgIpc) is 3.11. The van der Waals surface area contributed by atoms with Gasteiger partial charge in [-0.25, -0.2) is 0 Å². The van der Waals surface area contributed by atoms with E-state index in [4.69, 9.17) is 0 Å². The summed E-state index contributed by atoms with van der Waals surface area (Å²) in [6, 6.07) is 4.41. The molecule has 0 atom stereocenters. The third-order valence-electron chi connectivity index (χ3n) is 3.86. The second-order valence-electron chi connectivity index (χ2n) is 5.85. The number of thioether (sulfide) groups is 1. The van der Waals surface area contributed by atoms with Crippen molar-refractivity contribution in [1.82, 2.24) is 10.2 Å². The Kier molecular flexibility index (Phi) is 6.03. The summed E-state index contributed by atoms with van der Waals surface area (Å²) in [7, 11) is 0. The van der Waals surface area contributed by atoms with Gasteiger partial charge in [0.15, 0.2) is 4.34 Å². The summed E-state index contributed by atoms with van der Waals surface area (Å²) < 4.78 is 37.0. The van der Waals surface area contributed by atoms with Gasteiger partial charge < -0.3 is 10.2 Å². The minimum Gasteiger partial charge on any atom is -0.351 e. The first-order valence-corrected chi connectivity index (χ1v) is 9.88. The van der Waals surface area contributed by atoms with Gasteiger partial charge in [-0.05, 0) is 24.5 Å². The van der Waals surface area contributed by atoms with E-state index in [0.29, 0.717) is 29.4 Å². The Morgan fingerprint density at radius 1 is 1.39 bits per heavy atom. The third kappa shape index (κ3) is 5.10. The van der Waals surface area contributed by atoms with Crippen molar-refractivity contribution >= 4 is 45.5 Å². The van der Waals surface area contributed by atoms with Gasteiger partial charge in [0.25, 0.3) is 5.69 Å². The summed E-state index contributed by atoms with van der Waals surface area (Å²) in [4.78, 5) is 24.6. The fourth-order valence-electron chi connectivity index (χ4n) is 2.67. The van der Waals surface area contributed by atoms with Crippen LogP contribution in [0.15, 0.2) is 22.5 Å². The smallest absolute Gasteiger partial charge is 0.351 e. The lowest BCUT2D eigenvalue weighted by Gasteiger charge is -2.29. The lowest BCUT2D eigenvalue weighted by molar-refractivity contribution is -0.384. The van der Waals surface area contributed by atoms with Gasteiger partial charge in [0.05, 0.1) is 10.7 Å². The van der Waals surface area contributed by atoms with E-state index < -0.39 is 17.6 Å². The molecule has 0 radical (unpaired) electrons. The van der Waals surface area contributed by atoms with Crippen LogP contribution in [-0.2, 0) is 11.2 Å². The molecule has 1 aliphatic rings. The number of hydrogen-bond acceptors (Lipinski definition) is 8. The summed E-state index contributed by atoms with van der Waals surface area (Å²) in [5.74, 6) is -0.176. The maximum absolute atomic E-state index is 12.6. The van der Waals surface area contributed by atoms with Gasteiger partial charge in [0.2, 0.25) is 11.0 Å². The minimum atomic E-state index is -4.36. The Hall–Kier alpha value is -2.41. The molecule has 0 saturated carbocycles. The van der Waals surface area contributed by atoms with Crippen molar-refractivity contribution in [2.45, 2.75) is 23.4 Å². The van der Waals surface area contributed by atoms with Crippen LogP contribution < -0.4 is 10.2 Å². The molecule has 0 bridgehead atoms. The van der Waals surface area contributed by atoms with Gasteiger partial charge in [0.1, 0.15) is 6.54 Å². The Bertz CT molecular complexity index is 890. The van der Waals surface area contributed by atoms with E-state index in [-0.39, 0.29) is 22.5 Å². The molecule has 13 heteroatoms. The number of rotatable bonds is 6. The largest absolute Gasteiger partial charge is 0.405 e. The summed E-state index contributed by atoms with van der Waals surface area (Å²) in [5, 5.41) is 20.5. The van der Waals surface area contributed by atoms with Crippen molar-refractivity contribution in [2.75, 3.05) is 29.1 Å². The molecule has 0 unspecified atom stereocenters. The number of halogens is 3. The highest BCUT2D eigenvalue weighted by atomic mass is 32.2. The standard InChI is InChI=1S/C15H14F3N5O3S2/c16-15(17,18)8-19-13-20-21-14(28-13)27-7-12(24)22-5-1-2-9-6-10(23(25)26)3-4-11(9)22/h3-4,6H,1-2,5,7-8H2,(H,19,20). The summed E-state index contributed by atoms with van der Waals surface area (Å²) >= 11 is 2.02. The summed E-state index contributed by atoms with van der Waals surface area (Å²) in [5.41, 5.74) is 1.37. The number of nitrogens with one attached hydrogen (secondary N) is 1. The lowest BCUT2D eigenvalue weighted by atomic mass is 10.0. The number of carbonyl (C=O) groups excluding carboxylic acids is 1. The van der Waals surface area contributed by atoms with Crippen molar-refractivity contribution < 1.29 is 22.9 Å². The average molecular weight is 433 g/mol. The number of carbonyl (C=O) groups is 1.